The van der Waals surface area contributed by atoms with E-state index in [0.717, 1.165) is 0 Å². The summed E-state index contributed by atoms with van der Waals surface area (Å²) in [5, 5.41) is 10.8. The maximum atomic E-state index is 12.2. The number of aromatic nitrogens is 2. The molecule has 0 saturated carbocycles. The molecule has 0 spiro atoms. The van der Waals surface area contributed by atoms with Crippen molar-refractivity contribution in [2.45, 2.75) is 6.18 Å². The lowest BCUT2D eigenvalue weighted by Gasteiger charge is -2.07. The number of aliphatic hydroxyl groups excluding tert-OH is 1. The molecule has 1 aromatic heterocycles. The number of aromatic amines is 1. The fraction of sp³-hybridized carbons (Fsp3) is 0.429. The Morgan fingerprint density at radius 2 is 2.20 bits per heavy atom. The lowest BCUT2D eigenvalue weighted by atomic mass is 10.4. The van der Waals surface area contributed by atoms with Gasteiger partial charge in [-0.2, -0.15) is 13.2 Å². The fourth-order valence-corrected chi connectivity index (χ4v) is 0.861. The maximum absolute atomic E-state index is 12.2. The molecule has 0 saturated heterocycles. The van der Waals surface area contributed by atoms with Crippen LogP contribution < -0.4 is 10.9 Å². The van der Waals surface area contributed by atoms with Crippen molar-refractivity contribution in [3.63, 3.8) is 0 Å². The van der Waals surface area contributed by atoms with E-state index in [2.05, 4.69) is 15.3 Å². The molecule has 15 heavy (non-hydrogen) atoms. The first-order chi connectivity index (χ1) is 6.93. The first kappa shape index (κ1) is 11.5. The molecule has 0 aliphatic heterocycles. The van der Waals surface area contributed by atoms with Crippen molar-refractivity contribution >= 4 is 5.95 Å². The number of anilines is 1. The van der Waals surface area contributed by atoms with Crippen LogP contribution in [-0.4, -0.2) is 28.2 Å². The summed E-state index contributed by atoms with van der Waals surface area (Å²) in [6, 6.07) is 0.365. The molecule has 0 unspecified atom stereocenters. The van der Waals surface area contributed by atoms with Crippen LogP contribution in [0.4, 0.5) is 19.1 Å². The third-order valence-electron chi connectivity index (χ3n) is 1.44. The van der Waals surface area contributed by atoms with Gasteiger partial charge in [-0.15, -0.1) is 0 Å². The van der Waals surface area contributed by atoms with Crippen molar-refractivity contribution in [1.82, 2.24) is 9.97 Å². The number of nitrogens with zero attached hydrogens (tertiary/aromatic N) is 1. The number of H-pyrrole nitrogens is 1. The van der Waals surface area contributed by atoms with E-state index in [-0.39, 0.29) is 19.1 Å². The predicted octanol–water partition coefficient (Wildman–Crippen LogP) is 0.193. The van der Waals surface area contributed by atoms with Crippen LogP contribution in [0.3, 0.4) is 0 Å². The maximum Gasteiger partial charge on any atom is 0.433 e. The van der Waals surface area contributed by atoms with E-state index in [1.54, 1.807) is 0 Å². The van der Waals surface area contributed by atoms with Gasteiger partial charge in [0.1, 0.15) is 0 Å². The quantitative estimate of drug-likeness (QED) is 0.683. The van der Waals surface area contributed by atoms with Gasteiger partial charge in [0.2, 0.25) is 5.95 Å². The van der Waals surface area contributed by atoms with Gasteiger partial charge in [-0.1, -0.05) is 0 Å². The summed E-state index contributed by atoms with van der Waals surface area (Å²) >= 11 is 0. The van der Waals surface area contributed by atoms with E-state index in [1.807, 2.05) is 0 Å². The van der Waals surface area contributed by atoms with Gasteiger partial charge in [-0.05, 0) is 0 Å². The molecule has 5 nitrogen and oxygen atoms in total. The van der Waals surface area contributed by atoms with E-state index in [0.29, 0.717) is 6.07 Å². The highest BCUT2D eigenvalue weighted by molar-refractivity contribution is 5.25. The summed E-state index contributed by atoms with van der Waals surface area (Å²) in [6.07, 6.45) is -4.66. The summed E-state index contributed by atoms with van der Waals surface area (Å²) < 4.78 is 36.5. The van der Waals surface area contributed by atoms with Gasteiger partial charge in [0, 0.05) is 12.6 Å². The van der Waals surface area contributed by atoms with Crippen LogP contribution in [0.25, 0.3) is 0 Å². The summed E-state index contributed by atoms with van der Waals surface area (Å²) in [5.41, 5.74) is -2.18. The molecule has 0 amide bonds. The van der Waals surface area contributed by atoms with Gasteiger partial charge in [0.25, 0.3) is 5.56 Å². The normalized spacial score (nSPS) is 11.5. The second-order valence-corrected chi connectivity index (χ2v) is 2.63. The van der Waals surface area contributed by atoms with Crippen molar-refractivity contribution in [3.8, 4) is 0 Å². The molecule has 1 rings (SSSR count). The zero-order valence-corrected chi connectivity index (χ0v) is 7.43. The lowest BCUT2D eigenvalue weighted by Crippen LogP contribution is -2.19. The predicted molar refractivity (Wildman–Crippen MR) is 45.4 cm³/mol. The Labute approximate surface area is 82.0 Å². The van der Waals surface area contributed by atoms with Crippen LogP contribution in [0.5, 0.6) is 0 Å². The molecule has 0 atom stereocenters. The number of alkyl halides is 3. The average Bonchev–Trinajstić information content (AvgIpc) is 2.12. The lowest BCUT2D eigenvalue weighted by molar-refractivity contribution is -0.141. The van der Waals surface area contributed by atoms with Crippen LogP contribution >= 0.6 is 0 Å². The molecule has 0 fully saturated rings. The minimum absolute atomic E-state index is 0.00422. The number of hydrogen-bond donors (Lipinski definition) is 3. The van der Waals surface area contributed by atoms with Crippen LogP contribution in [0.15, 0.2) is 10.9 Å². The molecule has 0 radical (unpaired) electrons. The van der Waals surface area contributed by atoms with Crippen molar-refractivity contribution in [2.75, 3.05) is 18.5 Å². The fourth-order valence-electron chi connectivity index (χ4n) is 0.861. The van der Waals surface area contributed by atoms with Crippen molar-refractivity contribution in [3.05, 3.63) is 22.1 Å². The molecular weight excluding hydrogens is 215 g/mol. The summed E-state index contributed by atoms with van der Waals surface area (Å²) in [7, 11) is 0. The van der Waals surface area contributed by atoms with Crippen molar-refractivity contribution in [2.24, 2.45) is 0 Å². The van der Waals surface area contributed by atoms with Crippen molar-refractivity contribution < 1.29 is 18.3 Å². The van der Waals surface area contributed by atoms with Gasteiger partial charge < -0.3 is 10.4 Å². The zero-order chi connectivity index (χ0) is 11.5. The van der Waals surface area contributed by atoms with Gasteiger partial charge in [0.05, 0.1) is 6.61 Å². The van der Waals surface area contributed by atoms with E-state index in [9.17, 15) is 18.0 Å². The Kier molecular flexibility index (Phi) is 3.30. The minimum atomic E-state index is -4.66. The van der Waals surface area contributed by atoms with Crippen LogP contribution in [0.2, 0.25) is 0 Å². The summed E-state index contributed by atoms with van der Waals surface area (Å²) in [5.74, 6) is -0.316. The first-order valence-corrected chi connectivity index (χ1v) is 3.97. The number of rotatable bonds is 3. The smallest absolute Gasteiger partial charge is 0.395 e. The molecule has 0 aliphatic carbocycles. The molecule has 3 N–H and O–H groups in total. The standard InChI is InChI=1S/C7H8F3N3O2/c8-7(9,10)4-3-5(15)13-6(12-4)11-1-2-14/h3,14H,1-2H2,(H2,11,12,13,15). The Bertz CT molecular complexity index is 388. The SMILES string of the molecule is O=c1cc(C(F)(F)F)nc(NCCO)[nH]1. The summed E-state index contributed by atoms with van der Waals surface area (Å²) in [4.78, 5) is 16.0. The monoisotopic (exact) mass is 223 g/mol. The second kappa shape index (κ2) is 4.30. The van der Waals surface area contributed by atoms with Crippen LogP contribution in [-0.2, 0) is 6.18 Å². The molecule has 1 heterocycles. The van der Waals surface area contributed by atoms with Crippen LogP contribution in [0.1, 0.15) is 5.69 Å². The molecule has 84 valence electrons. The van der Waals surface area contributed by atoms with Gasteiger partial charge in [0.15, 0.2) is 5.69 Å². The highest BCUT2D eigenvalue weighted by Gasteiger charge is 2.33. The van der Waals surface area contributed by atoms with E-state index < -0.39 is 17.4 Å². The number of aliphatic hydroxyl groups is 1. The summed E-state index contributed by atoms with van der Waals surface area (Å²) in [6.45, 7) is -0.274. The molecule has 0 aromatic carbocycles. The van der Waals surface area contributed by atoms with E-state index in [1.165, 1.54) is 0 Å². The van der Waals surface area contributed by atoms with Gasteiger partial charge >= 0.3 is 6.18 Å². The first-order valence-electron chi connectivity index (χ1n) is 3.97. The second-order valence-electron chi connectivity index (χ2n) is 2.63. The van der Waals surface area contributed by atoms with E-state index >= 15 is 0 Å². The highest BCUT2D eigenvalue weighted by atomic mass is 19.4. The molecule has 8 heteroatoms. The molecular formula is C7H8F3N3O2. The topological polar surface area (TPSA) is 78.0 Å². The average molecular weight is 223 g/mol. The third kappa shape index (κ3) is 3.24. The Balaban J connectivity index is 3.01. The third-order valence-corrected chi connectivity index (χ3v) is 1.44. The minimum Gasteiger partial charge on any atom is -0.395 e. The highest BCUT2D eigenvalue weighted by Crippen LogP contribution is 2.26. The number of nitrogens with one attached hydrogen (secondary N) is 2. The zero-order valence-electron chi connectivity index (χ0n) is 7.43. The Morgan fingerprint density at radius 1 is 1.53 bits per heavy atom. The van der Waals surface area contributed by atoms with E-state index in [4.69, 9.17) is 5.11 Å². The Morgan fingerprint density at radius 3 is 2.73 bits per heavy atom. The number of hydrogen-bond acceptors (Lipinski definition) is 4. The van der Waals surface area contributed by atoms with Crippen molar-refractivity contribution in [1.29, 1.82) is 0 Å². The van der Waals surface area contributed by atoms with Gasteiger partial charge in [-0.25, -0.2) is 4.98 Å². The Hall–Kier alpha value is -1.57. The van der Waals surface area contributed by atoms with Gasteiger partial charge in [-0.3, -0.25) is 9.78 Å². The number of halogens is 3. The largest absolute Gasteiger partial charge is 0.433 e. The molecule has 0 aliphatic rings. The molecule has 0 bridgehead atoms. The van der Waals surface area contributed by atoms with Crippen LogP contribution in [0, 0.1) is 0 Å². The molecule has 1 aromatic rings.